The van der Waals surface area contributed by atoms with Gasteiger partial charge in [0.15, 0.2) is 0 Å². The minimum Gasteiger partial charge on any atom is -0.490 e. The number of aryl methyl sites for hydroxylation is 1. The van der Waals surface area contributed by atoms with Gasteiger partial charge in [-0.1, -0.05) is 30.3 Å². The predicted molar refractivity (Wildman–Crippen MR) is 81.2 cm³/mol. The molecule has 1 aliphatic heterocycles. The molecular formula is C18H19NO. The Bertz CT molecular complexity index is 601. The van der Waals surface area contributed by atoms with Crippen molar-refractivity contribution in [3.63, 3.8) is 0 Å². The van der Waals surface area contributed by atoms with Gasteiger partial charge in [-0.15, -0.1) is 0 Å². The van der Waals surface area contributed by atoms with E-state index in [-0.39, 0.29) is 0 Å². The Balaban J connectivity index is 1.50. The molecule has 1 N–H and O–H groups in total. The number of rotatable bonds is 3. The van der Waals surface area contributed by atoms with Gasteiger partial charge in [0.05, 0.1) is 12.1 Å². The molecule has 0 saturated heterocycles. The van der Waals surface area contributed by atoms with Gasteiger partial charge >= 0.3 is 0 Å². The number of benzene rings is 2. The van der Waals surface area contributed by atoms with Gasteiger partial charge in [0.25, 0.3) is 0 Å². The molecule has 20 heavy (non-hydrogen) atoms. The number of fused-ring (bicyclic) bond motifs is 1. The zero-order chi connectivity index (χ0) is 13.4. The summed E-state index contributed by atoms with van der Waals surface area (Å²) in [5, 5.41) is 3.65. The van der Waals surface area contributed by atoms with Crippen molar-refractivity contribution in [1.29, 1.82) is 0 Å². The molecule has 0 aromatic heterocycles. The predicted octanol–water partition coefficient (Wildman–Crippen LogP) is 4.33. The van der Waals surface area contributed by atoms with E-state index >= 15 is 0 Å². The van der Waals surface area contributed by atoms with Gasteiger partial charge in [-0.25, -0.2) is 0 Å². The molecule has 4 rings (SSSR count). The van der Waals surface area contributed by atoms with E-state index in [0.717, 1.165) is 18.6 Å². The highest BCUT2D eigenvalue weighted by Gasteiger charge is 2.23. The van der Waals surface area contributed by atoms with E-state index in [1.54, 1.807) is 0 Å². The molecule has 0 radical (unpaired) electrons. The standard InChI is InChI=1S/C18H19NO/c1-2-4-17-13(3-1)7-12-18(19-17)14-5-8-15(9-6-14)20-16-10-11-16/h1-6,8-9,16,18-19H,7,10-12H2. The van der Waals surface area contributed by atoms with Crippen LogP contribution in [0.1, 0.15) is 36.4 Å². The summed E-state index contributed by atoms with van der Waals surface area (Å²) in [5.74, 6) is 1.01. The fourth-order valence-electron chi connectivity index (χ4n) is 2.85. The lowest BCUT2D eigenvalue weighted by atomic mass is 9.93. The summed E-state index contributed by atoms with van der Waals surface area (Å²) in [6.45, 7) is 0. The lowest BCUT2D eigenvalue weighted by Gasteiger charge is -2.27. The Labute approximate surface area is 119 Å². The molecule has 2 nitrogen and oxygen atoms in total. The van der Waals surface area contributed by atoms with E-state index in [0.29, 0.717) is 12.1 Å². The van der Waals surface area contributed by atoms with E-state index < -0.39 is 0 Å². The van der Waals surface area contributed by atoms with Crippen molar-refractivity contribution in [3.05, 3.63) is 59.7 Å². The minimum absolute atomic E-state index is 0.417. The van der Waals surface area contributed by atoms with Crippen molar-refractivity contribution >= 4 is 5.69 Å². The fourth-order valence-corrected chi connectivity index (χ4v) is 2.85. The van der Waals surface area contributed by atoms with Gasteiger partial charge in [0.1, 0.15) is 5.75 Å². The van der Waals surface area contributed by atoms with E-state index in [1.165, 1.54) is 29.7 Å². The number of para-hydroxylation sites is 1. The maximum atomic E-state index is 5.80. The third-order valence-electron chi connectivity index (χ3n) is 4.16. The third kappa shape index (κ3) is 2.38. The van der Waals surface area contributed by atoms with Crippen LogP contribution in [0.15, 0.2) is 48.5 Å². The second-order valence-electron chi connectivity index (χ2n) is 5.78. The second-order valence-corrected chi connectivity index (χ2v) is 5.78. The number of hydrogen-bond acceptors (Lipinski definition) is 2. The molecular weight excluding hydrogens is 246 g/mol. The van der Waals surface area contributed by atoms with Gasteiger partial charge in [0, 0.05) is 5.69 Å². The molecule has 0 amide bonds. The van der Waals surface area contributed by atoms with Crippen LogP contribution in [0.2, 0.25) is 0 Å². The summed E-state index contributed by atoms with van der Waals surface area (Å²) in [5.41, 5.74) is 4.06. The zero-order valence-electron chi connectivity index (χ0n) is 11.5. The molecule has 2 heteroatoms. The quantitative estimate of drug-likeness (QED) is 0.892. The van der Waals surface area contributed by atoms with Crippen LogP contribution in [0.25, 0.3) is 0 Å². The van der Waals surface area contributed by atoms with Crippen molar-refractivity contribution in [1.82, 2.24) is 0 Å². The Morgan fingerprint density at radius 1 is 0.900 bits per heavy atom. The van der Waals surface area contributed by atoms with Crippen LogP contribution < -0.4 is 10.1 Å². The highest BCUT2D eigenvalue weighted by Crippen LogP contribution is 2.33. The monoisotopic (exact) mass is 265 g/mol. The van der Waals surface area contributed by atoms with Crippen LogP contribution in [0.5, 0.6) is 5.75 Å². The molecule has 1 atom stereocenters. The van der Waals surface area contributed by atoms with Crippen LogP contribution in [0, 0.1) is 0 Å². The van der Waals surface area contributed by atoms with Gasteiger partial charge in [-0.2, -0.15) is 0 Å². The van der Waals surface area contributed by atoms with Crippen molar-refractivity contribution < 1.29 is 4.74 Å². The maximum absolute atomic E-state index is 5.80. The number of ether oxygens (including phenoxy) is 1. The summed E-state index contributed by atoms with van der Waals surface area (Å²) < 4.78 is 5.80. The molecule has 1 heterocycles. The van der Waals surface area contributed by atoms with Crippen LogP contribution in [0.3, 0.4) is 0 Å². The molecule has 1 aliphatic carbocycles. The Hall–Kier alpha value is -1.96. The molecule has 2 aromatic rings. The summed E-state index contributed by atoms with van der Waals surface area (Å²) >= 11 is 0. The van der Waals surface area contributed by atoms with E-state index in [9.17, 15) is 0 Å². The smallest absolute Gasteiger partial charge is 0.119 e. The topological polar surface area (TPSA) is 21.3 Å². The Kier molecular flexibility index (Phi) is 2.87. The first-order chi connectivity index (χ1) is 9.88. The van der Waals surface area contributed by atoms with Crippen molar-refractivity contribution in [2.45, 2.75) is 37.8 Å². The average Bonchev–Trinajstić information content (AvgIpc) is 3.32. The average molecular weight is 265 g/mol. The molecule has 0 bridgehead atoms. The zero-order valence-corrected chi connectivity index (χ0v) is 11.5. The van der Waals surface area contributed by atoms with Gasteiger partial charge in [0.2, 0.25) is 0 Å². The van der Waals surface area contributed by atoms with Crippen molar-refractivity contribution in [2.75, 3.05) is 5.32 Å². The first-order valence-electron chi connectivity index (χ1n) is 7.49. The first kappa shape index (κ1) is 11.8. The summed E-state index contributed by atoms with van der Waals surface area (Å²) in [7, 11) is 0. The normalized spacial score (nSPS) is 20.9. The molecule has 1 fully saturated rings. The minimum atomic E-state index is 0.417. The lowest BCUT2D eigenvalue weighted by Crippen LogP contribution is -2.17. The molecule has 0 spiro atoms. The molecule has 1 saturated carbocycles. The van der Waals surface area contributed by atoms with E-state index in [2.05, 4.69) is 53.8 Å². The molecule has 2 aliphatic rings. The summed E-state index contributed by atoms with van der Waals surface area (Å²) in [6.07, 6.45) is 5.19. The number of anilines is 1. The van der Waals surface area contributed by atoms with E-state index in [4.69, 9.17) is 4.74 Å². The summed E-state index contributed by atoms with van der Waals surface area (Å²) in [6, 6.07) is 17.6. The lowest BCUT2D eigenvalue weighted by molar-refractivity contribution is 0.303. The highest BCUT2D eigenvalue weighted by atomic mass is 16.5. The van der Waals surface area contributed by atoms with Crippen LogP contribution in [-0.4, -0.2) is 6.10 Å². The Morgan fingerprint density at radius 3 is 2.50 bits per heavy atom. The second kappa shape index (κ2) is 4.86. The van der Waals surface area contributed by atoms with Crippen LogP contribution in [-0.2, 0) is 6.42 Å². The highest BCUT2D eigenvalue weighted by molar-refractivity contribution is 5.55. The fraction of sp³-hybridized carbons (Fsp3) is 0.333. The van der Waals surface area contributed by atoms with Gasteiger partial charge in [-0.05, 0) is 55.0 Å². The van der Waals surface area contributed by atoms with Gasteiger partial charge in [-0.3, -0.25) is 0 Å². The number of nitrogens with one attached hydrogen (secondary N) is 1. The summed E-state index contributed by atoms with van der Waals surface area (Å²) in [4.78, 5) is 0. The molecule has 2 aromatic carbocycles. The number of hydrogen-bond donors (Lipinski definition) is 1. The van der Waals surface area contributed by atoms with E-state index in [1.807, 2.05) is 0 Å². The molecule has 102 valence electrons. The van der Waals surface area contributed by atoms with Gasteiger partial charge < -0.3 is 10.1 Å². The molecule has 1 unspecified atom stereocenters. The van der Waals surface area contributed by atoms with Crippen molar-refractivity contribution in [2.24, 2.45) is 0 Å². The maximum Gasteiger partial charge on any atom is 0.119 e. The largest absolute Gasteiger partial charge is 0.490 e. The van der Waals surface area contributed by atoms with Crippen molar-refractivity contribution in [3.8, 4) is 5.75 Å². The first-order valence-corrected chi connectivity index (χ1v) is 7.49. The third-order valence-corrected chi connectivity index (χ3v) is 4.16. The SMILES string of the molecule is c1ccc2c(c1)CCC(c1ccc(OC3CC3)cc1)N2. The Morgan fingerprint density at radius 2 is 1.70 bits per heavy atom. The van der Waals surface area contributed by atoms with Crippen LogP contribution in [0.4, 0.5) is 5.69 Å². The van der Waals surface area contributed by atoms with Crippen LogP contribution >= 0.6 is 0 Å².